The minimum atomic E-state index is -3.90. The monoisotopic (exact) mass is 484 g/mol. The van der Waals surface area contributed by atoms with E-state index in [4.69, 9.17) is 11.6 Å². The summed E-state index contributed by atoms with van der Waals surface area (Å²) in [4.78, 5) is 18.6. The predicted octanol–water partition coefficient (Wildman–Crippen LogP) is 2.55. The number of nitrogens with zero attached hydrogens (tertiary/aromatic N) is 4. The number of rotatable bonds is 4. The number of halogens is 2. The number of thiophene rings is 1. The first-order chi connectivity index (χ1) is 14.6. The van der Waals surface area contributed by atoms with Crippen LogP contribution in [0.4, 0.5) is 10.1 Å². The highest BCUT2D eigenvalue weighted by molar-refractivity contribution is 7.87. The molecule has 1 amide bonds. The SMILES string of the molecule is CN1C(C(=O)Nc2ccc(F)c(Cl)c2)CC(c2ccc(-c3ncn(C)n3)s2)NS1(=O)=O. The summed E-state index contributed by atoms with van der Waals surface area (Å²) < 4.78 is 43.8. The molecule has 13 heteroatoms. The zero-order chi connectivity index (χ0) is 22.3. The van der Waals surface area contributed by atoms with Gasteiger partial charge in [0.05, 0.1) is 15.9 Å². The van der Waals surface area contributed by atoms with Crippen molar-refractivity contribution in [3.8, 4) is 10.7 Å². The van der Waals surface area contributed by atoms with Crippen molar-refractivity contribution in [2.45, 2.75) is 18.5 Å². The molecule has 1 aromatic carbocycles. The maximum Gasteiger partial charge on any atom is 0.280 e. The van der Waals surface area contributed by atoms with Gasteiger partial charge in [0.1, 0.15) is 18.2 Å². The molecular weight excluding hydrogens is 467 g/mol. The van der Waals surface area contributed by atoms with Gasteiger partial charge in [0.15, 0.2) is 5.82 Å². The number of hydrogen-bond acceptors (Lipinski definition) is 6. The van der Waals surface area contributed by atoms with E-state index in [1.165, 1.54) is 30.5 Å². The number of amides is 1. The molecule has 3 aromatic rings. The van der Waals surface area contributed by atoms with Gasteiger partial charge < -0.3 is 5.32 Å². The molecule has 9 nitrogen and oxygen atoms in total. The molecule has 3 heterocycles. The second-order valence-corrected chi connectivity index (χ2v) is 10.3. The standard InChI is InChI=1S/C18H18ClFN6O3S2/c1-25-9-21-17(23-25)16-6-5-15(30-16)13-8-14(26(2)31(28,29)24-13)18(27)22-10-3-4-12(20)11(19)7-10/h3-7,9,13-14,24H,8H2,1-2H3,(H,22,27). The van der Waals surface area contributed by atoms with Crippen LogP contribution in [0.15, 0.2) is 36.7 Å². The fourth-order valence-electron chi connectivity index (χ4n) is 3.21. The van der Waals surface area contributed by atoms with E-state index in [0.29, 0.717) is 5.82 Å². The maximum absolute atomic E-state index is 13.4. The quantitative estimate of drug-likeness (QED) is 0.591. The highest BCUT2D eigenvalue weighted by atomic mass is 35.5. The van der Waals surface area contributed by atoms with E-state index in [9.17, 15) is 17.6 Å². The van der Waals surface area contributed by atoms with E-state index >= 15 is 0 Å². The fourth-order valence-corrected chi connectivity index (χ4v) is 5.74. The molecular formula is C18H18ClFN6O3S2. The molecule has 1 fully saturated rings. The summed E-state index contributed by atoms with van der Waals surface area (Å²) in [5, 5.41) is 6.72. The van der Waals surface area contributed by atoms with Gasteiger partial charge in [0.2, 0.25) is 5.91 Å². The third-order valence-corrected chi connectivity index (χ3v) is 7.93. The summed E-state index contributed by atoms with van der Waals surface area (Å²) >= 11 is 7.12. The van der Waals surface area contributed by atoms with Gasteiger partial charge in [0.25, 0.3) is 10.2 Å². The number of nitrogens with one attached hydrogen (secondary N) is 2. The molecule has 4 rings (SSSR count). The largest absolute Gasteiger partial charge is 0.325 e. The minimum Gasteiger partial charge on any atom is -0.325 e. The summed E-state index contributed by atoms with van der Waals surface area (Å²) in [6.45, 7) is 0. The minimum absolute atomic E-state index is 0.142. The Morgan fingerprint density at radius 2 is 2.10 bits per heavy atom. The van der Waals surface area contributed by atoms with Gasteiger partial charge >= 0.3 is 0 Å². The number of aromatic nitrogens is 3. The molecule has 164 valence electrons. The van der Waals surface area contributed by atoms with Crippen molar-refractivity contribution in [1.29, 1.82) is 0 Å². The van der Waals surface area contributed by atoms with Gasteiger partial charge in [-0.25, -0.2) is 9.37 Å². The Bertz CT molecular complexity index is 1240. The van der Waals surface area contributed by atoms with Gasteiger partial charge in [-0.05, 0) is 36.8 Å². The van der Waals surface area contributed by atoms with E-state index in [2.05, 4.69) is 20.1 Å². The molecule has 2 atom stereocenters. The number of hydrogen-bond donors (Lipinski definition) is 2. The van der Waals surface area contributed by atoms with E-state index in [1.807, 2.05) is 6.07 Å². The lowest BCUT2D eigenvalue weighted by Crippen LogP contribution is -2.55. The molecule has 1 aliphatic heterocycles. The van der Waals surface area contributed by atoms with E-state index in [-0.39, 0.29) is 17.1 Å². The first kappa shape index (κ1) is 21.8. The van der Waals surface area contributed by atoms with Crippen LogP contribution in [0.25, 0.3) is 10.7 Å². The van der Waals surface area contributed by atoms with Crippen molar-refractivity contribution in [3.63, 3.8) is 0 Å². The van der Waals surface area contributed by atoms with Crippen LogP contribution in [0, 0.1) is 5.82 Å². The van der Waals surface area contributed by atoms with Crippen LogP contribution in [0.1, 0.15) is 17.3 Å². The van der Waals surface area contributed by atoms with Crippen LogP contribution >= 0.6 is 22.9 Å². The van der Waals surface area contributed by atoms with Gasteiger partial charge in [-0.1, -0.05) is 11.6 Å². The molecule has 2 aromatic heterocycles. The van der Waals surface area contributed by atoms with Gasteiger partial charge in [-0.15, -0.1) is 11.3 Å². The second kappa shape index (κ2) is 8.28. The van der Waals surface area contributed by atoms with Gasteiger partial charge in [-0.2, -0.15) is 22.5 Å². The van der Waals surface area contributed by atoms with Crippen molar-refractivity contribution in [2.75, 3.05) is 12.4 Å². The summed E-state index contributed by atoms with van der Waals surface area (Å²) in [7, 11) is -0.815. The molecule has 31 heavy (non-hydrogen) atoms. The second-order valence-electron chi connectivity index (χ2n) is 7.01. The predicted molar refractivity (Wildman–Crippen MR) is 115 cm³/mol. The van der Waals surface area contributed by atoms with E-state index in [0.717, 1.165) is 20.1 Å². The van der Waals surface area contributed by atoms with Crippen LogP contribution in [0.3, 0.4) is 0 Å². The van der Waals surface area contributed by atoms with E-state index < -0.39 is 34.0 Å². The maximum atomic E-state index is 13.4. The Balaban J connectivity index is 1.57. The molecule has 0 spiro atoms. The number of likely N-dealkylation sites (N-methyl/N-ethyl adjacent to an activating group) is 1. The Hall–Kier alpha value is -2.38. The molecule has 0 saturated carbocycles. The summed E-state index contributed by atoms with van der Waals surface area (Å²) in [5.41, 5.74) is 0.275. The first-order valence-electron chi connectivity index (χ1n) is 9.11. The molecule has 1 aliphatic rings. The number of carbonyl (C=O) groups excluding carboxylic acids is 1. The Kier molecular flexibility index (Phi) is 5.83. The van der Waals surface area contributed by atoms with Crippen LogP contribution in [0.5, 0.6) is 0 Å². The summed E-state index contributed by atoms with van der Waals surface area (Å²) in [5.74, 6) is -0.613. The normalized spacial score (nSPS) is 21.2. The molecule has 2 unspecified atom stereocenters. The zero-order valence-electron chi connectivity index (χ0n) is 16.4. The lowest BCUT2D eigenvalue weighted by atomic mass is 10.1. The van der Waals surface area contributed by atoms with Gasteiger partial charge in [0, 0.05) is 24.7 Å². The average molecular weight is 485 g/mol. The molecule has 1 saturated heterocycles. The van der Waals surface area contributed by atoms with Crippen molar-refractivity contribution < 1.29 is 17.6 Å². The highest BCUT2D eigenvalue weighted by Crippen LogP contribution is 2.35. The van der Waals surface area contributed by atoms with Crippen molar-refractivity contribution >= 4 is 44.7 Å². The fraction of sp³-hybridized carbons (Fsp3) is 0.278. The molecule has 0 radical (unpaired) electrons. The number of aryl methyl sites for hydroxylation is 1. The Morgan fingerprint density at radius 3 is 2.77 bits per heavy atom. The molecule has 0 bridgehead atoms. The third kappa shape index (κ3) is 4.48. The van der Waals surface area contributed by atoms with Crippen LogP contribution < -0.4 is 10.0 Å². The first-order valence-corrected chi connectivity index (χ1v) is 11.7. The Morgan fingerprint density at radius 1 is 1.32 bits per heavy atom. The van der Waals surface area contributed by atoms with Crippen molar-refractivity contribution in [1.82, 2.24) is 23.8 Å². The van der Waals surface area contributed by atoms with Crippen molar-refractivity contribution in [3.05, 3.63) is 52.4 Å². The third-order valence-electron chi connectivity index (χ3n) is 4.85. The molecule has 2 N–H and O–H groups in total. The molecule has 0 aliphatic carbocycles. The smallest absolute Gasteiger partial charge is 0.280 e. The zero-order valence-corrected chi connectivity index (χ0v) is 18.8. The van der Waals surface area contributed by atoms with Crippen LogP contribution in [0.2, 0.25) is 5.02 Å². The highest BCUT2D eigenvalue weighted by Gasteiger charge is 2.41. The van der Waals surface area contributed by atoms with E-state index in [1.54, 1.807) is 24.1 Å². The lowest BCUT2D eigenvalue weighted by molar-refractivity contribution is -0.120. The topological polar surface area (TPSA) is 109 Å². The van der Waals surface area contributed by atoms with Crippen LogP contribution in [-0.4, -0.2) is 46.5 Å². The number of benzene rings is 1. The lowest BCUT2D eigenvalue weighted by Gasteiger charge is -2.35. The van der Waals surface area contributed by atoms with Crippen LogP contribution in [-0.2, 0) is 22.1 Å². The van der Waals surface area contributed by atoms with Crippen molar-refractivity contribution in [2.24, 2.45) is 7.05 Å². The summed E-state index contributed by atoms with van der Waals surface area (Å²) in [6.07, 6.45) is 1.78. The number of carbonyl (C=O) groups is 1. The average Bonchev–Trinajstić information content (AvgIpc) is 3.35. The Labute approximate surface area is 187 Å². The summed E-state index contributed by atoms with van der Waals surface area (Å²) in [6, 6.07) is 5.80. The van der Waals surface area contributed by atoms with Gasteiger partial charge in [-0.3, -0.25) is 9.48 Å². The number of anilines is 1.